The number of aromatic nitrogens is 3. The van der Waals surface area contributed by atoms with Crippen molar-refractivity contribution in [1.29, 1.82) is 0 Å². The number of carbonyl (C=O) groups excluding carboxylic acids is 1. The summed E-state index contributed by atoms with van der Waals surface area (Å²) < 4.78 is 13.5. The molecule has 2 aromatic heterocycles. The van der Waals surface area contributed by atoms with Crippen molar-refractivity contribution < 1.29 is 24.2 Å². The maximum Gasteiger partial charge on any atom is 0.408 e. The van der Waals surface area contributed by atoms with Crippen molar-refractivity contribution in [3.8, 4) is 0 Å². The molecule has 3 atom stereocenters. The molecule has 10 heteroatoms. The number of aliphatic carboxylic acids is 1. The average Bonchev–Trinajstić information content (AvgIpc) is 3.48. The van der Waals surface area contributed by atoms with Crippen molar-refractivity contribution in [2.24, 2.45) is 5.92 Å². The Balaban J connectivity index is 1.000. The van der Waals surface area contributed by atoms with E-state index in [9.17, 15) is 14.7 Å². The Morgan fingerprint density at radius 2 is 2.08 bits per heavy atom. The maximum absolute atomic E-state index is 12.6. The molecule has 0 aromatic carbocycles. The number of nitrogens with one attached hydrogen (secondary N) is 2. The van der Waals surface area contributed by atoms with Crippen LogP contribution in [0.1, 0.15) is 80.1 Å². The van der Waals surface area contributed by atoms with Crippen molar-refractivity contribution in [1.82, 2.24) is 20.1 Å². The number of nitrogens with zero attached hydrogens (tertiary/aromatic N) is 3. The first-order valence-corrected chi connectivity index (χ1v) is 14.4. The molecular weight excluding hydrogens is 498 g/mol. The third kappa shape index (κ3) is 6.90. The van der Waals surface area contributed by atoms with Crippen LogP contribution in [0.25, 0.3) is 0 Å². The number of fused-ring (bicyclic) bond motifs is 1. The predicted molar refractivity (Wildman–Crippen MR) is 146 cm³/mol. The maximum atomic E-state index is 12.6. The van der Waals surface area contributed by atoms with Gasteiger partial charge in [-0.25, -0.2) is 14.6 Å². The second-order valence-electron chi connectivity index (χ2n) is 11.3. The molecule has 3 aliphatic rings. The number of amides is 1. The fourth-order valence-electron chi connectivity index (χ4n) is 6.14. The number of hydrogen-bond acceptors (Lipinski definition) is 7. The van der Waals surface area contributed by atoms with Gasteiger partial charge in [-0.3, -0.25) is 4.68 Å². The molecule has 10 nitrogen and oxygen atoms in total. The zero-order chi connectivity index (χ0) is 27.4. The van der Waals surface area contributed by atoms with Gasteiger partial charge in [0.2, 0.25) is 0 Å². The van der Waals surface area contributed by atoms with E-state index in [0.29, 0.717) is 5.92 Å². The Morgan fingerprint density at radius 3 is 2.85 bits per heavy atom. The van der Waals surface area contributed by atoms with Crippen LogP contribution in [0, 0.1) is 19.8 Å². The van der Waals surface area contributed by atoms with Crippen molar-refractivity contribution in [3.63, 3.8) is 0 Å². The van der Waals surface area contributed by atoms with Gasteiger partial charge in [-0.1, -0.05) is 6.07 Å². The Hall–Kier alpha value is -3.14. The first kappa shape index (κ1) is 27.4. The van der Waals surface area contributed by atoms with Crippen LogP contribution in [0.3, 0.4) is 0 Å². The van der Waals surface area contributed by atoms with Crippen LogP contribution in [-0.2, 0) is 27.1 Å². The zero-order valence-electron chi connectivity index (χ0n) is 23.0. The third-order valence-corrected chi connectivity index (χ3v) is 8.34. The summed E-state index contributed by atoms with van der Waals surface area (Å²) in [5.41, 5.74) is 4.40. The van der Waals surface area contributed by atoms with Crippen LogP contribution >= 0.6 is 0 Å². The minimum Gasteiger partial charge on any atom is -0.480 e. The number of ether oxygens (including phenoxy) is 2. The molecule has 0 bridgehead atoms. The number of carboxylic acid groups (broad SMARTS) is 1. The van der Waals surface area contributed by atoms with Crippen molar-refractivity contribution in [2.75, 3.05) is 18.5 Å². The molecule has 0 saturated heterocycles. The average molecular weight is 540 g/mol. The number of hydrogen-bond donors (Lipinski definition) is 3. The SMILES string of the molecule is Cc1cc(C)n([C@@H]2CCC[C@H]2OC(=O)N[C@@H](CCOC2CC(CCc3ccc4c(n3)NCCC4)C2)C(=O)O)n1. The lowest BCUT2D eigenvalue weighted by molar-refractivity contribution is -0.140. The molecule has 3 heterocycles. The predicted octanol–water partition coefficient (Wildman–Crippen LogP) is 4.34. The molecule has 2 aromatic rings. The molecule has 2 fully saturated rings. The number of carboxylic acids is 1. The van der Waals surface area contributed by atoms with E-state index in [1.165, 1.54) is 5.56 Å². The van der Waals surface area contributed by atoms with Gasteiger partial charge in [0, 0.05) is 31.0 Å². The van der Waals surface area contributed by atoms with Crippen LogP contribution in [-0.4, -0.2) is 63.3 Å². The Kier molecular flexibility index (Phi) is 8.69. The first-order valence-electron chi connectivity index (χ1n) is 14.4. The normalized spacial score (nSPS) is 24.8. The number of pyridine rings is 1. The molecule has 1 amide bonds. The fourth-order valence-corrected chi connectivity index (χ4v) is 6.14. The van der Waals surface area contributed by atoms with Gasteiger partial charge >= 0.3 is 12.1 Å². The van der Waals surface area contributed by atoms with E-state index in [4.69, 9.17) is 14.5 Å². The minimum atomic E-state index is -1.09. The fraction of sp³-hybridized carbons (Fsp3) is 0.655. The largest absolute Gasteiger partial charge is 0.480 e. The van der Waals surface area contributed by atoms with Gasteiger partial charge in [0.25, 0.3) is 0 Å². The van der Waals surface area contributed by atoms with Gasteiger partial charge in [-0.2, -0.15) is 5.10 Å². The van der Waals surface area contributed by atoms with Gasteiger partial charge in [0.15, 0.2) is 0 Å². The van der Waals surface area contributed by atoms with Crippen molar-refractivity contribution in [2.45, 2.75) is 102 Å². The lowest BCUT2D eigenvalue weighted by atomic mass is 9.79. The molecule has 212 valence electrons. The van der Waals surface area contributed by atoms with E-state index >= 15 is 0 Å². The molecule has 0 unspecified atom stereocenters. The summed E-state index contributed by atoms with van der Waals surface area (Å²) in [4.78, 5) is 29.1. The molecule has 0 radical (unpaired) electrons. The highest BCUT2D eigenvalue weighted by atomic mass is 16.6. The number of alkyl carbamates (subject to hydrolysis) is 1. The Labute approximate surface area is 229 Å². The van der Waals surface area contributed by atoms with E-state index in [-0.39, 0.29) is 31.3 Å². The highest BCUT2D eigenvalue weighted by molar-refractivity contribution is 5.79. The van der Waals surface area contributed by atoms with Gasteiger partial charge in [-0.15, -0.1) is 0 Å². The van der Waals surface area contributed by atoms with Gasteiger partial charge in [0.05, 0.1) is 17.8 Å². The van der Waals surface area contributed by atoms with Crippen LogP contribution in [0.2, 0.25) is 0 Å². The molecular formula is C29H41N5O5. The van der Waals surface area contributed by atoms with E-state index in [1.807, 2.05) is 24.6 Å². The zero-order valence-corrected chi connectivity index (χ0v) is 23.0. The van der Waals surface area contributed by atoms with E-state index < -0.39 is 18.1 Å². The summed E-state index contributed by atoms with van der Waals surface area (Å²) in [7, 11) is 0. The molecule has 3 N–H and O–H groups in total. The summed E-state index contributed by atoms with van der Waals surface area (Å²) >= 11 is 0. The molecule has 2 saturated carbocycles. The molecule has 0 spiro atoms. The Bertz CT molecular complexity index is 1160. The van der Waals surface area contributed by atoms with Crippen LogP contribution < -0.4 is 10.6 Å². The summed E-state index contributed by atoms with van der Waals surface area (Å²) in [6.45, 7) is 5.21. The highest BCUT2D eigenvalue weighted by Gasteiger charge is 2.35. The minimum absolute atomic E-state index is 0.0256. The lowest BCUT2D eigenvalue weighted by Gasteiger charge is -2.35. The monoisotopic (exact) mass is 539 g/mol. The van der Waals surface area contributed by atoms with Gasteiger partial charge < -0.3 is 25.2 Å². The van der Waals surface area contributed by atoms with Crippen LogP contribution in [0.5, 0.6) is 0 Å². The number of aryl methyl sites for hydroxylation is 4. The topological polar surface area (TPSA) is 128 Å². The van der Waals surface area contributed by atoms with Crippen LogP contribution in [0.15, 0.2) is 18.2 Å². The number of rotatable bonds is 11. The highest BCUT2D eigenvalue weighted by Crippen LogP contribution is 2.35. The van der Waals surface area contributed by atoms with Gasteiger partial charge in [0.1, 0.15) is 18.0 Å². The lowest BCUT2D eigenvalue weighted by Crippen LogP contribution is -2.44. The van der Waals surface area contributed by atoms with E-state index in [0.717, 1.165) is 87.2 Å². The molecule has 2 aliphatic carbocycles. The van der Waals surface area contributed by atoms with E-state index in [2.05, 4.69) is 27.9 Å². The summed E-state index contributed by atoms with van der Waals surface area (Å²) in [5, 5.41) is 20.1. The third-order valence-electron chi connectivity index (χ3n) is 8.34. The smallest absolute Gasteiger partial charge is 0.408 e. The van der Waals surface area contributed by atoms with Crippen molar-refractivity contribution >= 4 is 17.9 Å². The quantitative estimate of drug-likeness (QED) is 0.385. The standard InChI is InChI=1S/C29H41N5O5/c1-18-15-19(2)34(33-18)25-6-3-7-26(25)39-29(37)32-24(28(35)36)12-14-38-23-16-20(17-23)8-10-22-11-9-21-5-4-13-30-27(21)31-22/h9,11,15,20,23-26H,3-8,10,12-14,16-17H2,1-2H3,(H,30,31)(H,32,37)(H,35,36)/t20?,23?,24-,25+,26+/m0/s1. The summed E-state index contributed by atoms with van der Waals surface area (Å²) in [5.74, 6) is 0.562. The summed E-state index contributed by atoms with van der Waals surface area (Å²) in [6.07, 6.45) is 8.12. The van der Waals surface area contributed by atoms with Crippen molar-refractivity contribution in [3.05, 3.63) is 40.8 Å². The molecule has 5 rings (SSSR count). The van der Waals surface area contributed by atoms with Crippen LogP contribution in [0.4, 0.5) is 10.6 Å². The Morgan fingerprint density at radius 1 is 1.23 bits per heavy atom. The second-order valence-corrected chi connectivity index (χ2v) is 11.3. The summed E-state index contributed by atoms with van der Waals surface area (Å²) in [6, 6.07) is 5.28. The van der Waals surface area contributed by atoms with Gasteiger partial charge in [-0.05, 0) is 95.2 Å². The number of carbonyl (C=O) groups is 2. The second kappa shape index (κ2) is 12.4. The number of anilines is 1. The molecule has 1 aliphatic heterocycles. The first-order chi connectivity index (χ1) is 18.9. The molecule has 39 heavy (non-hydrogen) atoms. The van der Waals surface area contributed by atoms with E-state index in [1.54, 1.807) is 0 Å².